The standard InChI is InChI=1S/C12H16O2/c1-4-8-14-12-7-6-11(13-3)9-10(12)5-2/h5-7,9H,2,4,8H2,1,3H3. The Kier molecular flexibility index (Phi) is 4.05. The summed E-state index contributed by atoms with van der Waals surface area (Å²) >= 11 is 0. The van der Waals surface area contributed by atoms with Gasteiger partial charge in [0.1, 0.15) is 11.5 Å². The third-order valence-corrected chi connectivity index (χ3v) is 1.90. The molecule has 76 valence electrons. The van der Waals surface area contributed by atoms with Crippen LogP contribution in [0.3, 0.4) is 0 Å². The van der Waals surface area contributed by atoms with Gasteiger partial charge in [-0.15, -0.1) is 0 Å². The molecule has 0 aromatic heterocycles. The Morgan fingerprint density at radius 3 is 2.79 bits per heavy atom. The minimum absolute atomic E-state index is 0.729. The Morgan fingerprint density at radius 1 is 1.43 bits per heavy atom. The van der Waals surface area contributed by atoms with E-state index in [0.29, 0.717) is 0 Å². The number of hydrogen-bond donors (Lipinski definition) is 0. The van der Waals surface area contributed by atoms with Gasteiger partial charge >= 0.3 is 0 Å². The second kappa shape index (κ2) is 5.32. The van der Waals surface area contributed by atoms with E-state index in [1.54, 1.807) is 13.2 Å². The number of hydrogen-bond acceptors (Lipinski definition) is 2. The van der Waals surface area contributed by atoms with Gasteiger partial charge in [-0.05, 0) is 24.6 Å². The topological polar surface area (TPSA) is 18.5 Å². The zero-order chi connectivity index (χ0) is 10.4. The largest absolute Gasteiger partial charge is 0.497 e. The van der Waals surface area contributed by atoms with Gasteiger partial charge < -0.3 is 9.47 Å². The van der Waals surface area contributed by atoms with Gasteiger partial charge in [0.15, 0.2) is 0 Å². The lowest BCUT2D eigenvalue weighted by Gasteiger charge is -2.09. The lowest BCUT2D eigenvalue weighted by molar-refractivity contribution is 0.316. The molecule has 0 atom stereocenters. The molecule has 0 spiro atoms. The van der Waals surface area contributed by atoms with E-state index in [0.717, 1.165) is 30.1 Å². The molecular formula is C12H16O2. The molecule has 0 aliphatic heterocycles. The van der Waals surface area contributed by atoms with E-state index < -0.39 is 0 Å². The third-order valence-electron chi connectivity index (χ3n) is 1.90. The van der Waals surface area contributed by atoms with Crippen LogP contribution in [0.5, 0.6) is 11.5 Å². The van der Waals surface area contributed by atoms with E-state index in [1.165, 1.54) is 0 Å². The summed E-state index contributed by atoms with van der Waals surface area (Å²) in [6, 6.07) is 5.71. The van der Waals surface area contributed by atoms with Crippen LogP contribution >= 0.6 is 0 Å². The van der Waals surface area contributed by atoms with Gasteiger partial charge in [-0.1, -0.05) is 19.6 Å². The molecule has 0 unspecified atom stereocenters. The molecule has 0 fully saturated rings. The molecular weight excluding hydrogens is 176 g/mol. The van der Waals surface area contributed by atoms with Crippen molar-refractivity contribution in [2.24, 2.45) is 0 Å². The summed E-state index contributed by atoms with van der Waals surface area (Å²) in [5, 5.41) is 0. The van der Waals surface area contributed by atoms with Crippen LogP contribution in [0.1, 0.15) is 18.9 Å². The number of methoxy groups -OCH3 is 1. The van der Waals surface area contributed by atoms with Gasteiger partial charge in [0.25, 0.3) is 0 Å². The summed E-state index contributed by atoms with van der Waals surface area (Å²) in [5.41, 5.74) is 0.970. The van der Waals surface area contributed by atoms with Crippen LogP contribution in [0.15, 0.2) is 24.8 Å². The van der Waals surface area contributed by atoms with Crippen molar-refractivity contribution < 1.29 is 9.47 Å². The van der Waals surface area contributed by atoms with Gasteiger partial charge in [0.05, 0.1) is 13.7 Å². The SMILES string of the molecule is C=Cc1cc(OC)ccc1OCCC. The lowest BCUT2D eigenvalue weighted by atomic mass is 10.2. The molecule has 1 rings (SSSR count). The molecule has 2 heteroatoms. The first kappa shape index (κ1) is 10.6. The maximum Gasteiger partial charge on any atom is 0.126 e. The van der Waals surface area contributed by atoms with Crippen LogP contribution in [0.4, 0.5) is 0 Å². The van der Waals surface area contributed by atoms with Gasteiger partial charge in [0, 0.05) is 5.56 Å². The molecule has 0 radical (unpaired) electrons. The zero-order valence-corrected chi connectivity index (χ0v) is 8.75. The highest BCUT2D eigenvalue weighted by molar-refractivity contribution is 5.58. The molecule has 2 nitrogen and oxygen atoms in total. The van der Waals surface area contributed by atoms with Crippen molar-refractivity contribution in [3.8, 4) is 11.5 Å². The highest BCUT2D eigenvalue weighted by atomic mass is 16.5. The highest BCUT2D eigenvalue weighted by Gasteiger charge is 2.01. The summed E-state index contributed by atoms with van der Waals surface area (Å²) in [6.45, 7) is 6.55. The zero-order valence-electron chi connectivity index (χ0n) is 8.75. The molecule has 0 saturated heterocycles. The van der Waals surface area contributed by atoms with E-state index in [4.69, 9.17) is 9.47 Å². The fraction of sp³-hybridized carbons (Fsp3) is 0.333. The van der Waals surface area contributed by atoms with Crippen LogP contribution in [0.25, 0.3) is 6.08 Å². The molecule has 0 aliphatic carbocycles. The average molecular weight is 192 g/mol. The van der Waals surface area contributed by atoms with E-state index in [2.05, 4.69) is 13.5 Å². The van der Waals surface area contributed by atoms with Gasteiger partial charge in [0.2, 0.25) is 0 Å². The van der Waals surface area contributed by atoms with Crippen molar-refractivity contribution >= 4 is 6.08 Å². The van der Waals surface area contributed by atoms with E-state index in [1.807, 2.05) is 18.2 Å². The Morgan fingerprint density at radius 2 is 2.21 bits per heavy atom. The Balaban J connectivity index is 2.87. The predicted molar refractivity (Wildman–Crippen MR) is 58.9 cm³/mol. The normalized spacial score (nSPS) is 9.57. The Hall–Kier alpha value is -1.44. The van der Waals surface area contributed by atoms with Crippen molar-refractivity contribution in [2.45, 2.75) is 13.3 Å². The second-order valence-electron chi connectivity index (χ2n) is 2.96. The van der Waals surface area contributed by atoms with Crippen molar-refractivity contribution in [3.05, 3.63) is 30.3 Å². The maximum absolute atomic E-state index is 5.55. The number of ether oxygens (including phenoxy) is 2. The average Bonchev–Trinajstić information content (AvgIpc) is 2.26. The summed E-state index contributed by atoms with van der Waals surface area (Å²) in [5.74, 6) is 1.69. The number of rotatable bonds is 5. The van der Waals surface area contributed by atoms with Gasteiger partial charge in [-0.2, -0.15) is 0 Å². The van der Waals surface area contributed by atoms with Crippen molar-refractivity contribution in [3.63, 3.8) is 0 Å². The Bertz CT molecular complexity index is 305. The smallest absolute Gasteiger partial charge is 0.126 e. The minimum Gasteiger partial charge on any atom is -0.497 e. The van der Waals surface area contributed by atoms with Crippen LogP contribution in [-0.2, 0) is 0 Å². The second-order valence-corrected chi connectivity index (χ2v) is 2.96. The van der Waals surface area contributed by atoms with Crippen molar-refractivity contribution in [2.75, 3.05) is 13.7 Å². The molecule has 1 aromatic carbocycles. The molecule has 0 amide bonds. The summed E-state index contributed by atoms with van der Waals surface area (Å²) < 4.78 is 10.7. The first-order chi connectivity index (χ1) is 6.81. The lowest BCUT2D eigenvalue weighted by Crippen LogP contribution is -1.97. The Labute approximate surface area is 85.2 Å². The van der Waals surface area contributed by atoms with E-state index in [9.17, 15) is 0 Å². The summed E-state index contributed by atoms with van der Waals surface area (Å²) in [6.07, 6.45) is 2.77. The van der Waals surface area contributed by atoms with Crippen LogP contribution in [0, 0.1) is 0 Å². The molecule has 0 N–H and O–H groups in total. The first-order valence-corrected chi connectivity index (χ1v) is 4.75. The first-order valence-electron chi connectivity index (χ1n) is 4.75. The summed E-state index contributed by atoms with van der Waals surface area (Å²) in [4.78, 5) is 0. The summed E-state index contributed by atoms with van der Waals surface area (Å²) in [7, 11) is 1.65. The predicted octanol–water partition coefficient (Wildman–Crippen LogP) is 3.13. The van der Waals surface area contributed by atoms with Crippen LogP contribution < -0.4 is 9.47 Å². The number of benzene rings is 1. The fourth-order valence-electron chi connectivity index (χ4n) is 1.16. The quantitative estimate of drug-likeness (QED) is 0.713. The van der Waals surface area contributed by atoms with Crippen molar-refractivity contribution in [1.82, 2.24) is 0 Å². The molecule has 0 aliphatic rings. The minimum atomic E-state index is 0.729. The highest BCUT2D eigenvalue weighted by Crippen LogP contribution is 2.25. The molecule has 0 bridgehead atoms. The maximum atomic E-state index is 5.55. The van der Waals surface area contributed by atoms with Gasteiger partial charge in [-0.3, -0.25) is 0 Å². The monoisotopic (exact) mass is 192 g/mol. The molecule has 0 saturated carbocycles. The van der Waals surface area contributed by atoms with E-state index >= 15 is 0 Å². The third kappa shape index (κ3) is 2.52. The van der Waals surface area contributed by atoms with Crippen LogP contribution in [-0.4, -0.2) is 13.7 Å². The molecule has 0 heterocycles. The van der Waals surface area contributed by atoms with Gasteiger partial charge in [-0.25, -0.2) is 0 Å². The fourth-order valence-corrected chi connectivity index (χ4v) is 1.16. The molecule has 1 aromatic rings. The van der Waals surface area contributed by atoms with Crippen molar-refractivity contribution in [1.29, 1.82) is 0 Å². The molecule has 14 heavy (non-hydrogen) atoms. The van der Waals surface area contributed by atoms with Crippen LogP contribution in [0.2, 0.25) is 0 Å². The van der Waals surface area contributed by atoms with E-state index in [-0.39, 0.29) is 0 Å².